The molecule has 3 aromatic rings. The molecule has 0 aromatic carbocycles. The molecule has 0 spiro atoms. The van der Waals surface area contributed by atoms with Crippen molar-refractivity contribution in [3.63, 3.8) is 0 Å². The molecule has 0 saturated carbocycles. The Kier molecular flexibility index (Phi) is 3.78. The molecule has 1 fully saturated rings. The molecule has 0 atom stereocenters. The van der Waals surface area contributed by atoms with Gasteiger partial charge in [0.2, 0.25) is 5.88 Å². The fourth-order valence-electron chi connectivity index (χ4n) is 2.88. The van der Waals surface area contributed by atoms with Crippen LogP contribution in [0.1, 0.15) is 18.5 Å². The first kappa shape index (κ1) is 14.3. The Morgan fingerprint density at radius 1 is 1.22 bits per heavy atom. The standard InChI is InChI=1S/C16H17N5OS/c1-11-8-17-9-14(20-11)22-12-2-5-21(6-3-12)15-13-4-7-23-16(13)19-10-18-15/h4,7-10,12H,2-3,5-6H2,1H3. The number of hydrogen-bond donors (Lipinski definition) is 0. The summed E-state index contributed by atoms with van der Waals surface area (Å²) in [7, 11) is 0. The number of piperidine rings is 1. The lowest BCUT2D eigenvalue weighted by Crippen LogP contribution is -2.38. The molecule has 118 valence electrons. The highest BCUT2D eigenvalue weighted by Crippen LogP contribution is 2.29. The van der Waals surface area contributed by atoms with Gasteiger partial charge in [-0.1, -0.05) is 0 Å². The van der Waals surface area contributed by atoms with E-state index in [1.807, 2.05) is 6.92 Å². The molecule has 7 heteroatoms. The lowest BCUT2D eigenvalue weighted by atomic mass is 10.1. The highest BCUT2D eigenvalue weighted by atomic mass is 32.1. The Balaban J connectivity index is 1.44. The van der Waals surface area contributed by atoms with Gasteiger partial charge < -0.3 is 9.64 Å². The molecule has 0 N–H and O–H groups in total. The van der Waals surface area contributed by atoms with E-state index in [0.717, 1.165) is 47.7 Å². The van der Waals surface area contributed by atoms with Gasteiger partial charge in [-0.05, 0) is 18.4 Å². The number of ether oxygens (including phenoxy) is 1. The first-order chi connectivity index (χ1) is 11.3. The summed E-state index contributed by atoms with van der Waals surface area (Å²) < 4.78 is 5.96. The van der Waals surface area contributed by atoms with E-state index < -0.39 is 0 Å². The van der Waals surface area contributed by atoms with Gasteiger partial charge in [-0.25, -0.2) is 15.0 Å². The minimum atomic E-state index is 0.183. The average Bonchev–Trinajstić information content (AvgIpc) is 3.04. The van der Waals surface area contributed by atoms with Gasteiger partial charge in [-0.2, -0.15) is 0 Å². The van der Waals surface area contributed by atoms with E-state index in [4.69, 9.17) is 4.74 Å². The van der Waals surface area contributed by atoms with Crippen LogP contribution in [0.15, 0.2) is 30.2 Å². The molecule has 1 aliphatic rings. The van der Waals surface area contributed by atoms with Crippen LogP contribution in [0.3, 0.4) is 0 Å². The van der Waals surface area contributed by atoms with Gasteiger partial charge in [-0.3, -0.25) is 4.98 Å². The maximum atomic E-state index is 5.96. The van der Waals surface area contributed by atoms with Crippen molar-refractivity contribution in [3.05, 3.63) is 35.9 Å². The Labute approximate surface area is 138 Å². The Morgan fingerprint density at radius 2 is 2.09 bits per heavy atom. The molecule has 4 heterocycles. The fraction of sp³-hybridized carbons (Fsp3) is 0.375. The van der Waals surface area contributed by atoms with Crippen molar-refractivity contribution < 1.29 is 4.74 Å². The first-order valence-corrected chi connectivity index (χ1v) is 8.56. The smallest absolute Gasteiger partial charge is 0.232 e. The Morgan fingerprint density at radius 3 is 2.91 bits per heavy atom. The SMILES string of the molecule is Cc1cncc(OC2CCN(c3ncnc4sccc34)CC2)n1. The number of fused-ring (bicyclic) bond motifs is 1. The minimum Gasteiger partial charge on any atom is -0.473 e. The number of thiophene rings is 1. The summed E-state index contributed by atoms with van der Waals surface area (Å²) in [6.07, 6.45) is 7.15. The number of anilines is 1. The number of aryl methyl sites for hydroxylation is 1. The molecule has 23 heavy (non-hydrogen) atoms. The molecule has 0 bridgehead atoms. The lowest BCUT2D eigenvalue weighted by Gasteiger charge is -2.32. The van der Waals surface area contributed by atoms with Crippen molar-refractivity contribution in [2.45, 2.75) is 25.9 Å². The molecule has 0 radical (unpaired) electrons. The zero-order valence-corrected chi connectivity index (χ0v) is 13.7. The summed E-state index contributed by atoms with van der Waals surface area (Å²) in [6, 6.07) is 2.10. The van der Waals surface area contributed by atoms with Crippen LogP contribution in [0.5, 0.6) is 5.88 Å². The zero-order valence-electron chi connectivity index (χ0n) is 12.8. The largest absolute Gasteiger partial charge is 0.473 e. The highest BCUT2D eigenvalue weighted by Gasteiger charge is 2.23. The molecule has 6 nitrogen and oxygen atoms in total. The monoisotopic (exact) mass is 327 g/mol. The minimum absolute atomic E-state index is 0.183. The molecule has 1 saturated heterocycles. The van der Waals surface area contributed by atoms with E-state index in [1.54, 1.807) is 30.1 Å². The summed E-state index contributed by atoms with van der Waals surface area (Å²) in [4.78, 5) is 20.6. The molecule has 0 unspecified atom stereocenters. The van der Waals surface area contributed by atoms with Crippen molar-refractivity contribution in [1.29, 1.82) is 0 Å². The fourth-order valence-corrected chi connectivity index (χ4v) is 3.61. The lowest BCUT2D eigenvalue weighted by molar-refractivity contribution is 0.163. The Hall–Kier alpha value is -2.28. The molecule has 0 amide bonds. The van der Waals surface area contributed by atoms with E-state index in [2.05, 4.69) is 36.3 Å². The predicted molar refractivity (Wildman–Crippen MR) is 90.0 cm³/mol. The maximum Gasteiger partial charge on any atom is 0.232 e. The van der Waals surface area contributed by atoms with E-state index >= 15 is 0 Å². The second-order valence-corrected chi connectivity index (χ2v) is 6.53. The molecule has 0 aliphatic carbocycles. The highest BCUT2D eigenvalue weighted by molar-refractivity contribution is 7.16. The molecular formula is C16H17N5OS. The van der Waals surface area contributed by atoms with Crippen LogP contribution < -0.4 is 9.64 Å². The van der Waals surface area contributed by atoms with Gasteiger partial charge in [0.1, 0.15) is 23.1 Å². The molecule has 4 rings (SSSR count). The van der Waals surface area contributed by atoms with Gasteiger partial charge in [0.15, 0.2) is 0 Å². The van der Waals surface area contributed by atoms with Gasteiger partial charge in [0.05, 0.1) is 17.3 Å². The van der Waals surface area contributed by atoms with Crippen LogP contribution in [0, 0.1) is 6.92 Å². The van der Waals surface area contributed by atoms with Gasteiger partial charge in [-0.15, -0.1) is 11.3 Å². The van der Waals surface area contributed by atoms with Crippen LogP contribution in [0.4, 0.5) is 5.82 Å². The summed E-state index contributed by atoms with van der Waals surface area (Å²) >= 11 is 1.65. The normalized spacial score (nSPS) is 16.0. The third-order valence-electron chi connectivity index (χ3n) is 4.00. The summed E-state index contributed by atoms with van der Waals surface area (Å²) in [6.45, 7) is 3.77. The van der Waals surface area contributed by atoms with Crippen LogP contribution in [0.25, 0.3) is 10.2 Å². The second kappa shape index (κ2) is 6.08. The van der Waals surface area contributed by atoms with E-state index in [0.29, 0.717) is 5.88 Å². The van der Waals surface area contributed by atoms with E-state index in [9.17, 15) is 0 Å². The van der Waals surface area contributed by atoms with Crippen LogP contribution in [0.2, 0.25) is 0 Å². The molecule has 3 aromatic heterocycles. The van der Waals surface area contributed by atoms with Crippen molar-refractivity contribution in [1.82, 2.24) is 19.9 Å². The summed E-state index contributed by atoms with van der Waals surface area (Å²) in [5, 5.41) is 3.20. The maximum absolute atomic E-state index is 5.96. The third-order valence-corrected chi connectivity index (χ3v) is 4.82. The van der Waals surface area contributed by atoms with Crippen LogP contribution in [-0.2, 0) is 0 Å². The van der Waals surface area contributed by atoms with Crippen LogP contribution >= 0.6 is 11.3 Å². The topological polar surface area (TPSA) is 64.0 Å². The van der Waals surface area contributed by atoms with Crippen molar-refractivity contribution in [2.75, 3.05) is 18.0 Å². The van der Waals surface area contributed by atoms with Crippen molar-refractivity contribution in [2.24, 2.45) is 0 Å². The summed E-state index contributed by atoms with van der Waals surface area (Å²) in [5.41, 5.74) is 0.876. The molecule has 1 aliphatic heterocycles. The number of hydrogen-bond acceptors (Lipinski definition) is 7. The first-order valence-electron chi connectivity index (χ1n) is 7.68. The average molecular weight is 327 g/mol. The van der Waals surface area contributed by atoms with Crippen LogP contribution in [-0.4, -0.2) is 39.1 Å². The third kappa shape index (κ3) is 2.96. The quantitative estimate of drug-likeness (QED) is 0.737. The zero-order chi connectivity index (χ0) is 15.6. The van der Waals surface area contributed by atoms with E-state index in [1.165, 1.54) is 0 Å². The number of rotatable bonds is 3. The Bertz CT molecular complexity index is 813. The number of nitrogens with zero attached hydrogens (tertiary/aromatic N) is 5. The van der Waals surface area contributed by atoms with Gasteiger partial charge in [0, 0.05) is 32.1 Å². The summed E-state index contributed by atoms with van der Waals surface area (Å²) in [5.74, 6) is 1.65. The number of aromatic nitrogens is 4. The molecular weight excluding hydrogens is 310 g/mol. The van der Waals surface area contributed by atoms with Crippen molar-refractivity contribution >= 4 is 27.4 Å². The van der Waals surface area contributed by atoms with E-state index in [-0.39, 0.29) is 6.10 Å². The second-order valence-electron chi connectivity index (χ2n) is 5.64. The van der Waals surface area contributed by atoms with Gasteiger partial charge >= 0.3 is 0 Å². The van der Waals surface area contributed by atoms with Gasteiger partial charge in [0.25, 0.3) is 0 Å². The van der Waals surface area contributed by atoms with Crippen molar-refractivity contribution in [3.8, 4) is 5.88 Å². The predicted octanol–water partition coefficient (Wildman–Crippen LogP) is 2.84.